The van der Waals surface area contributed by atoms with Crippen molar-refractivity contribution >= 4 is 0 Å². The largest absolute Gasteiger partial charge is 0.508 e. The molecule has 3 rings (SSSR count). The molecule has 0 unspecified atom stereocenters. The van der Waals surface area contributed by atoms with Gasteiger partial charge in [0.1, 0.15) is 17.6 Å². The minimum absolute atomic E-state index is 0.140. The first-order valence-corrected chi connectivity index (χ1v) is 6.56. The topological polar surface area (TPSA) is 69.9 Å². The number of ether oxygens (including phenoxy) is 1. The molecule has 0 aliphatic carbocycles. The molecular formula is C16H16O4. The van der Waals surface area contributed by atoms with Crippen molar-refractivity contribution in [1.82, 2.24) is 0 Å². The maximum atomic E-state index is 9.76. The Bertz CT molecular complexity index is 664. The molecule has 0 fully saturated rings. The molecular weight excluding hydrogens is 256 g/mol. The van der Waals surface area contributed by atoms with Crippen LogP contribution in [0.4, 0.5) is 0 Å². The van der Waals surface area contributed by atoms with Crippen LogP contribution in [0.25, 0.3) is 0 Å². The Hall–Kier alpha value is -2.36. The average Bonchev–Trinajstić information content (AvgIpc) is 2.46. The third-order valence-corrected chi connectivity index (χ3v) is 3.77. The zero-order chi connectivity index (χ0) is 14.3. The van der Waals surface area contributed by atoms with E-state index in [1.807, 2.05) is 13.0 Å². The quantitative estimate of drug-likeness (QED) is 0.697. The minimum Gasteiger partial charge on any atom is -0.508 e. The number of rotatable bonds is 1. The summed E-state index contributed by atoms with van der Waals surface area (Å²) in [5.41, 5.74) is 2.63. The summed E-state index contributed by atoms with van der Waals surface area (Å²) in [6.07, 6.45) is 1.46. The predicted molar refractivity (Wildman–Crippen MR) is 74.3 cm³/mol. The zero-order valence-corrected chi connectivity index (χ0v) is 11.1. The normalized spacial score (nSPS) is 17.4. The fraction of sp³-hybridized carbons (Fsp3) is 0.250. The van der Waals surface area contributed by atoms with E-state index in [1.54, 1.807) is 12.1 Å². The van der Waals surface area contributed by atoms with Gasteiger partial charge in [0.15, 0.2) is 11.5 Å². The van der Waals surface area contributed by atoms with Crippen LogP contribution in [0.15, 0.2) is 30.3 Å². The highest BCUT2D eigenvalue weighted by Crippen LogP contribution is 2.41. The molecule has 0 amide bonds. The number of fused-ring (bicyclic) bond motifs is 1. The predicted octanol–water partition coefficient (Wildman–Crippen LogP) is 3.18. The first-order chi connectivity index (χ1) is 9.56. The third kappa shape index (κ3) is 2.03. The molecule has 0 saturated carbocycles. The molecule has 1 aliphatic heterocycles. The van der Waals surface area contributed by atoms with E-state index >= 15 is 0 Å². The highest BCUT2D eigenvalue weighted by Gasteiger charge is 2.24. The number of phenols is 3. The summed E-state index contributed by atoms with van der Waals surface area (Å²) < 4.78 is 5.97. The maximum absolute atomic E-state index is 9.76. The van der Waals surface area contributed by atoms with Gasteiger partial charge in [-0.25, -0.2) is 0 Å². The molecule has 3 N–H and O–H groups in total. The Labute approximate surface area is 116 Å². The standard InChI is InChI=1S/C16H16O4/c1-9-12(17)5-2-10-4-7-15(20-16(9)10)11-3-6-13(18)14(19)8-11/h2-3,5-6,8,15,17-19H,4,7H2,1H3/t15-/m1/s1. The summed E-state index contributed by atoms with van der Waals surface area (Å²) in [4.78, 5) is 0. The van der Waals surface area contributed by atoms with E-state index in [9.17, 15) is 15.3 Å². The van der Waals surface area contributed by atoms with Gasteiger partial charge in [-0.15, -0.1) is 0 Å². The van der Waals surface area contributed by atoms with Crippen LogP contribution in [0, 0.1) is 6.92 Å². The average molecular weight is 272 g/mol. The lowest BCUT2D eigenvalue weighted by atomic mass is 9.95. The lowest BCUT2D eigenvalue weighted by Gasteiger charge is -2.28. The van der Waals surface area contributed by atoms with E-state index in [0.29, 0.717) is 5.75 Å². The number of hydrogen-bond acceptors (Lipinski definition) is 4. The molecule has 1 heterocycles. The van der Waals surface area contributed by atoms with Gasteiger partial charge < -0.3 is 20.1 Å². The van der Waals surface area contributed by atoms with Gasteiger partial charge in [0.25, 0.3) is 0 Å². The second kappa shape index (κ2) is 4.63. The molecule has 4 nitrogen and oxygen atoms in total. The number of aryl methyl sites for hydroxylation is 1. The van der Waals surface area contributed by atoms with E-state index in [1.165, 1.54) is 12.1 Å². The fourth-order valence-corrected chi connectivity index (χ4v) is 2.56. The van der Waals surface area contributed by atoms with Crippen LogP contribution in [0.5, 0.6) is 23.0 Å². The second-order valence-corrected chi connectivity index (χ2v) is 5.09. The van der Waals surface area contributed by atoms with Crippen LogP contribution in [0.1, 0.15) is 29.2 Å². The molecule has 0 saturated heterocycles. The Balaban J connectivity index is 1.95. The Kier molecular flexibility index (Phi) is 2.93. The first-order valence-electron chi connectivity index (χ1n) is 6.56. The minimum atomic E-state index is -0.186. The Morgan fingerprint density at radius 3 is 2.50 bits per heavy atom. The van der Waals surface area contributed by atoms with Crippen LogP contribution in [0.3, 0.4) is 0 Å². The number of hydrogen-bond donors (Lipinski definition) is 3. The summed E-state index contributed by atoms with van der Waals surface area (Å²) in [7, 11) is 0. The summed E-state index contributed by atoms with van der Waals surface area (Å²) in [6, 6.07) is 8.28. The number of aromatic hydroxyl groups is 3. The van der Waals surface area contributed by atoms with E-state index in [-0.39, 0.29) is 23.4 Å². The van der Waals surface area contributed by atoms with Crippen molar-refractivity contribution in [2.24, 2.45) is 0 Å². The highest BCUT2D eigenvalue weighted by atomic mass is 16.5. The fourth-order valence-electron chi connectivity index (χ4n) is 2.56. The van der Waals surface area contributed by atoms with E-state index in [4.69, 9.17) is 4.74 Å². The summed E-state index contributed by atoms with van der Waals surface area (Å²) >= 11 is 0. The van der Waals surface area contributed by atoms with Crippen LogP contribution >= 0.6 is 0 Å². The molecule has 0 radical (unpaired) electrons. The van der Waals surface area contributed by atoms with Crippen LogP contribution in [0.2, 0.25) is 0 Å². The molecule has 2 aromatic rings. The third-order valence-electron chi connectivity index (χ3n) is 3.77. The lowest BCUT2D eigenvalue weighted by molar-refractivity contribution is 0.174. The summed E-state index contributed by atoms with van der Waals surface area (Å²) in [6.45, 7) is 1.82. The smallest absolute Gasteiger partial charge is 0.157 e. The van der Waals surface area contributed by atoms with Crippen molar-refractivity contribution in [3.63, 3.8) is 0 Å². The van der Waals surface area contributed by atoms with Crippen molar-refractivity contribution in [1.29, 1.82) is 0 Å². The maximum Gasteiger partial charge on any atom is 0.157 e. The van der Waals surface area contributed by atoms with E-state index in [0.717, 1.165) is 29.5 Å². The molecule has 0 aromatic heterocycles. The van der Waals surface area contributed by atoms with Gasteiger partial charge in [0, 0.05) is 5.56 Å². The van der Waals surface area contributed by atoms with Crippen molar-refractivity contribution in [3.8, 4) is 23.0 Å². The SMILES string of the molecule is Cc1c(O)ccc2c1O[C@@H](c1ccc(O)c(O)c1)CC2. The first kappa shape index (κ1) is 12.7. The Morgan fingerprint density at radius 2 is 1.75 bits per heavy atom. The van der Waals surface area contributed by atoms with Crippen LogP contribution in [-0.2, 0) is 6.42 Å². The van der Waals surface area contributed by atoms with E-state index in [2.05, 4.69) is 0 Å². The van der Waals surface area contributed by atoms with Gasteiger partial charge in [-0.2, -0.15) is 0 Å². The lowest BCUT2D eigenvalue weighted by Crippen LogP contribution is -2.16. The summed E-state index contributed by atoms with van der Waals surface area (Å²) in [5, 5.41) is 28.7. The van der Waals surface area contributed by atoms with Gasteiger partial charge in [-0.1, -0.05) is 12.1 Å². The number of phenolic OH excluding ortho intramolecular Hbond substituents is 3. The molecule has 1 atom stereocenters. The summed E-state index contributed by atoms with van der Waals surface area (Å²) in [5.74, 6) is 0.648. The van der Waals surface area contributed by atoms with Gasteiger partial charge in [0.2, 0.25) is 0 Å². The molecule has 0 spiro atoms. The van der Waals surface area contributed by atoms with Gasteiger partial charge >= 0.3 is 0 Å². The molecule has 104 valence electrons. The number of benzene rings is 2. The molecule has 0 bridgehead atoms. The highest BCUT2D eigenvalue weighted by molar-refractivity contribution is 5.50. The van der Waals surface area contributed by atoms with Crippen molar-refractivity contribution in [2.75, 3.05) is 0 Å². The van der Waals surface area contributed by atoms with Crippen molar-refractivity contribution in [3.05, 3.63) is 47.0 Å². The van der Waals surface area contributed by atoms with Crippen molar-refractivity contribution < 1.29 is 20.1 Å². The zero-order valence-electron chi connectivity index (χ0n) is 11.1. The van der Waals surface area contributed by atoms with E-state index < -0.39 is 0 Å². The Morgan fingerprint density at radius 1 is 1.00 bits per heavy atom. The molecule has 1 aliphatic rings. The molecule has 4 heteroatoms. The molecule has 20 heavy (non-hydrogen) atoms. The molecule has 2 aromatic carbocycles. The van der Waals surface area contributed by atoms with Gasteiger partial charge in [-0.3, -0.25) is 0 Å². The van der Waals surface area contributed by atoms with Crippen LogP contribution < -0.4 is 4.74 Å². The van der Waals surface area contributed by atoms with Gasteiger partial charge in [-0.05, 0) is 49.1 Å². The van der Waals surface area contributed by atoms with Crippen molar-refractivity contribution in [2.45, 2.75) is 25.9 Å². The monoisotopic (exact) mass is 272 g/mol. The van der Waals surface area contributed by atoms with Crippen LogP contribution in [-0.4, -0.2) is 15.3 Å². The second-order valence-electron chi connectivity index (χ2n) is 5.09. The van der Waals surface area contributed by atoms with Gasteiger partial charge in [0.05, 0.1) is 0 Å².